The molecule has 0 spiro atoms. The van der Waals surface area contributed by atoms with Crippen LogP contribution in [0.25, 0.3) is 0 Å². The van der Waals surface area contributed by atoms with Gasteiger partial charge in [0.05, 0.1) is 19.1 Å². The molecule has 0 aliphatic heterocycles. The molecule has 1 atom stereocenters. The molecule has 1 heterocycles. The lowest BCUT2D eigenvalue weighted by Gasteiger charge is -2.05. The van der Waals surface area contributed by atoms with Crippen molar-refractivity contribution in [3.63, 3.8) is 0 Å². The highest BCUT2D eigenvalue weighted by Crippen LogP contribution is 2.08. The van der Waals surface area contributed by atoms with Crippen molar-refractivity contribution in [2.75, 3.05) is 7.11 Å². The van der Waals surface area contributed by atoms with Gasteiger partial charge in [-0.1, -0.05) is 0 Å². The number of aromatic nitrogens is 2. The van der Waals surface area contributed by atoms with Crippen LogP contribution in [-0.4, -0.2) is 30.9 Å². The second-order valence-electron chi connectivity index (χ2n) is 2.69. The fourth-order valence-corrected chi connectivity index (χ4v) is 1.00. The van der Waals surface area contributed by atoms with E-state index in [-0.39, 0.29) is 11.8 Å². The van der Waals surface area contributed by atoms with Crippen LogP contribution in [0.1, 0.15) is 5.69 Å². The Morgan fingerprint density at radius 2 is 2.67 bits per heavy atom. The number of esters is 1. The maximum Gasteiger partial charge on any atom is 0.300 e. The van der Waals surface area contributed by atoms with E-state index in [1.165, 1.54) is 7.11 Å². The molecule has 1 rings (SSSR count). The van der Waals surface area contributed by atoms with E-state index in [9.17, 15) is 4.79 Å². The van der Waals surface area contributed by atoms with Gasteiger partial charge in [-0.3, -0.25) is 4.79 Å². The smallest absolute Gasteiger partial charge is 0.300 e. The van der Waals surface area contributed by atoms with Crippen molar-refractivity contribution in [2.24, 2.45) is 0 Å². The number of ether oxygens (including phenoxy) is 1. The molecule has 5 heteroatoms. The first-order valence-corrected chi connectivity index (χ1v) is 3.79. The first-order chi connectivity index (χ1) is 5.74. The van der Waals surface area contributed by atoms with Crippen LogP contribution in [0.2, 0.25) is 5.82 Å². The van der Waals surface area contributed by atoms with Crippen molar-refractivity contribution in [3.8, 4) is 0 Å². The van der Waals surface area contributed by atoms with Crippen LogP contribution in [-0.2, 0) is 16.0 Å². The molecule has 0 aliphatic carbocycles. The number of nitrogens with one attached hydrogen (secondary N) is 1. The number of imidazole rings is 1. The third kappa shape index (κ3) is 2.12. The molecule has 1 unspecified atom stereocenters. The van der Waals surface area contributed by atoms with E-state index in [0.29, 0.717) is 6.42 Å². The monoisotopic (exact) mass is 166 g/mol. The number of hydrogen-bond acceptors (Lipinski definition) is 3. The highest BCUT2D eigenvalue weighted by atomic mass is 16.5. The van der Waals surface area contributed by atoms with Crippen molar-refractivity contribution in [1.29, 1.82) is 0 Å². The fourth-order valence-electron chi connectivity index (χ4n) is 1.00. The second kappa shape index (κ2) is 3.94. The van der Waals surface area contributed by atoms with Gasteiger partial charge in [0, 0.05) is 12.0 Å². The molecule has 12 heavy (non-hydrogen) atoms. The number of hydrogen-bond donors (Lipinski definition) is 1. The zero-order valence-electron chi connectivity index (χ0n) is 7.20. The third-order valence-electron chi connectivity index (χ3n) is 1.67. The van der Waals surface area contributed by atoms with Gasteiger partial charge < -0.3 is 9.72 Å². The summed E-state index contributed by atoms with van der Waals surface area (Å²) in [5.41, 5.74) is 0.882. The van der Waals surface area contributed by atoms with Crippen LogP contribution in [0.4, 0.5) is 0 Å². The molecule has 0 saturated carbocycles. The molecule has 0 aromatic carbocycles. The molecule has 64 valence electrons. The van der Waals surface area contributed by atoms with E-state index in [0.717, 1.165) is 5.69 Å². The minimum atomic E-state index is -0.196. The summed E-state index contributed by atoms with van der Waals surface area (Å²) < 4.78 is 4.58. The normalized spacial score (nSPS) is 12.4. The van der Waals surface area contributed by atoms with Crippen molar-refractivity contribution < 1.29 is 9.53 Å². The highest BCUT2D eigenvalue weighted by molar-refractivity contribution is 6.22. The lowest BCUT2D eigenvalue weighted by molar-refractivity contribution is -0.140. The molecular weight excluding hydrogens is 155 g/mol. The molecule has 1 aromatic heterocycles. The van der Waals surface area contributed by atoms with E-state index >= 15 is 0 Å². The third-order valence-corrected chi connectivity index (χ3v) is 1.67. The number of aromatic amines is 1. The average Bonchev–Trinajstić information content (AvgIpc) is 2.55. The Kier molecular flexibility index (Phi) is 2.91. The SMILES string of the molecule is BC(Cc1c[nH]cn1)C(=O)OC. The van der Waals surface area contributed by atoms with Gasteiger partial charge in [-0.2, -0.15) is 0 Å². The van der Waals surface area contributed by atoms with Crippen LogP contribution >= 0.6 is 0 Å². The number of nitrogens with zero attached hydrogens (tertiary/aromatic N) is 1. The summed E-state index contributed by atoms with van der Waals surface area (Å²) in [5.74, 6) is -0.323. The molecule has 0 radical (unpaired) electrons. The first kappa shape index (κ1) is 8.84. The van der Waals surface area contributed by atoms with Crippen molar-refractivity contribution in [2.45, 2.75) is 12.2 Å². The Morgan fingerprint density at radius 3 is 3.17 bits per heavy atom. The average molecular weight is 166 g/mol. The summed E-state index contributed by atoms with van der Waals surface area (Å²) in [6, 6.07) is 0. The summed E-state index contributed by atoms with van der Waals surface area (Å²) in [5, 5.41) is 0. The van der Waals surface area contributed by atoms with Gasteiger partial charge in [-0.25, -0.2) is 4.98 Å². The summed E-state index contributed by atoms with van der Waals surface area (Å²) in [6.45, 7) is 0. The van der Waals surface area contributed by atoms with Crippen molar-refractivity contribution in [1.82, 2.24) is 9.97 Å². The van der Waals surface area contributed by atoms with E-state index < -0.39 is 0 Å². The van der Waals surface area contributed by atoms with Crippen LogP contribution in [0.15, 0.2) is 12.5 Å². The van der Waals surface area contributed by atoms with Gasteiger partial charge >= 0.3 is 5.97 Å². The number of H-pyrrole nitrogens is 1. The lowest BCUT2D eigenvalue weighted by Crippen LogP contribution is -2.12. The predicted octanol–water partition coefficient (Wildman–Crippen LogP) is -0.453. The van der Waals surface area contributed by atoms with Gasteiger partial charge in [-0.15, -0.1) is 0 Å². The Bertz CT molecular complexity index is 248. The molecule has 0 amide bonds. The minimum Gasteiger partial charge on any atom is -0.469 e. The summed E-state index contributed by atoms with van der Waals surface area (Å²) in [4.78, 5) is 17.8. The Balaban J connectivity index is 2.47. The quantitative estimate of drug-likeness (QED) is 0.488. The van der Waals surface area contributed by atoms with Gasteiger partial charge in [0.15, 0.2) is 0 Å². The Hall–Kier alpha value is -1.26. The molecular formula is C7H11BN2O2. The molecule has 0 fully saturated rings. The standard InChI is InChI=1S/C7H11BN2O2/c1-12-7(11)6(8)2-5-3-9-4-10-5/h3-4,6H,2,8H2,1H3,(H,9,10). The van der Waals surface area contributed by atoms with Gasteiger partial charge in [0.2, 0.25) is 0 Å². The Morgan fingerprint density at radius 1 is 1.92 bits per heavy atom. The largest absolute Gasteiger partial charge is 0.469 e. The van der Waals surface area contributed by atoms with Crippen LogP contribution in [0.5, 0.6) is 0 Å². The molecule has 1 N–H and O–H groups in total. The summed E-state index contributed by atoms with van der Waals surface area (Å²) in [6.07, 6.45) is 3.99. The highest BCUT2D eigenvalue weighted by Gasteiger charge is 2.14. The molecule has 0 aliphatic rings. The van der Waals surface area contributed by atoms with Crippen LogP contribution < -0.4 is 0 Å². The van der Waals surface area contributed by atoms with E-state index in [1.807, 2.05) is 7.85 Å². The van der Waals surface area contributed by atoms with Gasteiger partial charge in [0.25, 0.3) is 0 Å². The number of methoxy groups -OCH3 is 1. The zero-order chi connectivity index (χ0) is 8.97. The number of rotatable bonds is 3. The summed E-state index contributed by atoms with van der Waals surface area (Å²) in [7, 11) is 3.21. The fraction of sp³-hybridized carbons (Fsp3) is 0.429. The molecule has 0 bridgehead atoms. The topological polar surface area (TPSA) is 55.0 Å². The first-order valence-electron chi connectivity index (χ1n) is 3.79. The maximum absolute atomic E-state index is 11.0. The second-order valence-corrected chi connectivity index (χ2v) is 2.69. The van der Waals surface area contributed by atoms with E-state index in [4.69, 9.17) is 0 Å². The van der Waals surface area contributed by atoms with Crippen LogP contribution in [0, 0.1) is 0 Å². The molecule has 1 aromatic rings. The van der Waals surface area contributed by atoms with Crippen LogP contribution in [0.3, 0.4) is 0 Å². The lowest BCUT2D eigenvalue weighted by atomic mass is 9.84. The maximum atomic E-state index is 11.0. The summed E-state index contributed by atoms with van der Waals surface area (Å²) >= 11 is 0. The number of carbonyl (C=O) groups is 1. The Labute approximate surface area is 71.7 Å². The molecule has 0 saturated heterocycles. The minimum absolute atomic E-state index is 0.127. The number of carbonyl (C=O) groups excluding carboxylic acids is 1. The van der Waals surface area contributed by atoms with Crippen molar-refractivity contribution >= 4 is 13.8 Å². The van der Waals surface area contributed by atoms with Gasteiger partial charge in [-0.05, 0) is 6.42 Å². The predicted molar refractivity (Wildman–Crippen MR) is 46.6 cm³/mol. The molecule has 4 nitrogen and oxygen atoms in total. The van der Waals surface area contributed by atoms with E-state index in [1.54, 1.807) is 12.5 Å². The van der Waals surface area contributed by atoms with E-state index in [2.05, 4.69) is 14.7 Å². The van der Waals surface area contributed by atoms with Crippen molar-refractivity contribution in [3.05, 3.63) is 18.2 Å². The zero-order valence-corrected chi connectivity index (χ0v) is 7.20. The van der Waals surface area contributed by atoms with Gasteiger partial charge in [0.1, 0.15) is 7.85 Å².